The lowest BCUT2D eigenvalue weighted by Crippen LogP contribution is -2.48. The Morgan fingerprint density at radius 2 is 1.33 bits per heavy atom. The Morgan fingerprint density at radius 1 is 0.852 bits per heavy atom. The second kappa shape index (κ2) is 15.2. The summed E-state index contributed by atoms with van der Waals surface area (Å²) in [6, 6.07) is -0.691. The van der Waals surface area contributed by atoms with Crippen LogP contribution in [0.1, 0.15) is 85.0 Å². The quantitative estimate of drug-likeness (QED) is 0.310. The molecule has 8 nitrogen and oxygen atoms in total. The van der Waals surface area contributed by atoms with Crippen molar-refractivity contribution in [3.8, 4) is 0 Å². The number of carbonyl (C=O) groups is 3. The van der Waals surface area contributed by atoms with Crippen LogP contribution < -0.4 is 0 Å². The zero-order valence-electron chi connectivity index (χ0n) is 17.0. The van der Waals surface area contributed by atoms with Gasteiger partial charge in [0.1, 0.15) is 0 Å². The Bertz CT molecular complexity index is 430. The minimum Gasteiger partial charge on any atom is -0.465 e. The lowest BCUT2D eigenvalue weighted by molar-refractivity contribution is -0.197. The molecular formula is C19H36N2O6. The number of nitrogens with zero attached hydrogens (tertiary/aromatic N) is 2. The molecule has 3 amide bonds. The number of carbonyl (C=O) groups excluding carboxylic acids is 1. The molecule has 0 aromatic rings. The van der Waals surface area contributed by atoms with E-state index >= 15 is 0 Å². The van der Waals surface area contributed by atoms with Gasteiger partial charge in [-0.05, 0) is 20.3 Å². The van der Waals surface area contributed by atoms with Gasteiger partial charge in [-0.15, -0.1) is 0 Å². The van der Waals surface area contributed by atoms with Crippen LogP contribution >= 0.6 is 0 Å². The first-order valence-corrected chi connectivity index (χ1v) is 10.0. The highest BCUT2D eigenvalue weighted by molar-refractivity contribution is 5.85. The topological polar surface area (TPSA) is 107 Å². The molecule has 0 aromatic carbocycles. The van der Waals surface area contributed by atoms with Crippen LogP contribution in [0, 0.1) is 0 Å². The highest BCUT2D eigenvalue weighted by Crippen LogP contribution is 2.13. The van der Waals surface area contributed by atoms with E-state index < -0.39 is 18.2 Å². The predicted octanol–water partition coefficient (Wildman–Crippen LogP) is 4.73. The van der Waals surface area contributed by atoms with E-state index in [-0.39, 0.29) is 24.0 Å². The molecule has 0 aliphatic carbocycles. The number of carboxylic acid groups (broad SMARTS) is 2. The summed E-state index contributed by atoms with van der Waals surface area (Å²) in [6.07, 6.45) is 7.47. The molecule has 2 N–H and O–H groups in total. The Morgan fingerprint density at radius 3 is 1.78 bits per heavy atom. The number of rotatable bonds is 15. The van der Waals surface area contributed by atoms with Gasteiger partial charge in [-0.3, -0.25) is 9.63 Å². The van der Waals surface area contributed by atoms with Crippen LogP contribution in [0.5, 0.6) is 0 Å². The lowest BCUT2D eigenvalue weighted by atomic mass is 10.1. The van der Waals surface area contributed by atoms with Gasteiger partial charge < -0.3 is 10.2 Å². The summed E-state index contributed by atoms with van der Waals surface area (Å²) in [7, 11) is 0. The number of hydroxylamine groups is 2. The number of hydrogen-bond acceptors (Lipinski definition) is 4. The van der Waals surface area contributed by atoms with Crippen molar-refractivity contribution in [1.29, 1.82) is 0 Å². The SMILES string of the molecule is CCCCCCCCCCCC(=O)N(OCC)C(C)CN(C(=O)O)C(=O)O. The summed E-state index contributed by atoms with van der Waals surface area (Å²) in [5, 5.41) is 19.0. The zero-order valence-corrected chi connectivity index (χ0v) is 17.0. The highest BCUT2D eigenvalue weighted by Gasteiger charge is 2.28. The zero-order chi connectivity index (χ0) is 20.7. The Hall–Kier alpha value is -1.83. The van der Waals surface area contributed by atoms with Crippen LogP contribution in [0.3, 0.4) is 0 Å². The molecule has 0 saturated heterocycles. The van der Waals surface area contributed by atoms with Crippen LogP contribution in [0.4, 0.5) is 9.59 Å². The molecule has 0 aromatic heterocycles. The van der Waals surface area contributed by atoms with Crippen molar-refractivity contribution in [2.75, 3.05) is 13.2 Å². The van der Waals surface area contributed by atoms with Crippen molar-refractivity contribution in [1.82, 2.24) is 9.96 Å². The van der Waals surface area contributed by atoms with Crippen LogP contribution in [-0.4, -0.2) is 57.5 Å². The van der Waals surface area contributed by atoms with Crippen LogP contribution in [0.2, 0.25) is 0 Å². The van der Waals surface area contributed by atoms with Crippen molar-refractivity contribution in [2.45, 2.75) is 91.0 Å². The molecule has 0 saturated carbocycles. The van der Waals surface area contributed by atoms with Crippen LogP contribution in [0.15, 0.2) is 0 Å². The van der Waals surface area contributed by atoms with Gasteiger partial charge in [-0.1, -0.05) is 58.3 Å². The molecule has 1 atom stereocenters. The van der Waals surface area contributed by atoms with Gasteiger partial charge in [0.15, 0.2) is 0 Å². The van der Waals surface area contributed by atoms with Crippen molar-refractivity contribution in [2.24, 2.45) is 0 Å². The summed E-state index contributed by atoms with van der Waals surface area (Å²) in [5.74, 6) is -0.247. The van der Waals surface area contributed by atoms with E-state index in [4.69, 9.17) is 15.1 Å². The maximum atomic E-state index is 12.4. The summed E-state index contributed by atoms with van der Waals surface area (Å²) in [5.41, 5.74) is 0. The van der Waals surface area contributed by atoms with Gasteiger partial charge in [-0.25, -0.2) is 19.6 Å². The molecule has 27 heavy (non-hydrogen) atoms. The van der Waals surface area contributed by atoms with E-state index in [1.807, 2.05) is 0 Å². The number of hydrogen-bond donors (Lipinski definition) is 2. The molecule has 0 fully saturated rings. The fourth-order valence-corrected chi connectivity index (χ4v) is 2.86. The van der Waals surface area contributed by atoms with Gasteiger partial charge in [0.05, 0.1) is 19.2 Å². The van der Waals surface area contributed by atoms with Crippen molar-refractivity contribution >= 4 is 18.1 Å². The lowest BCUT2D eigenvalue weighted by Gasteiger charge is -2.29. The Balaban J connectivity index is 4.26. The maximum absolute atomic E-state index is 12.4. The maximum Gasteiger partial charge on any atom is 0.416 e. The molecule has 0 bridgehead atoms. The Labute approximate surface area is 162 Å². The Kier molecular flexibility index (Phi) is 14.2. The summed E-state index contributed by atoms with van der Waals surface area (Å²) in [6.45, 7) is 5.38. The molecule has 0 aliphatic heterocycles. The van der Waals surface area contributed by atoms with E-state index in [0.29, 0.717) is 6.42 Å². The molecule has 1 unspecified atom stereocenters. The second-order valence-electron chi connectivity index (χ2n) is 6.74. The number of unbranched alkanes of at least 4 members (excludes halogenated alkanes) is 8. The molecular weight excluding hydrogens is 352 g/mol. The van der Waals surface area contributed by atoms with E-state index in [9.17, 15) is 14.4 Å². The predicted molar refractivity (Wildman–Crippen MR) is 103 cm³/mol. The number of imide groups is 1. The largest absolute Gasteiger partial charge is 0.465 e. The third-order valence-corrected chi connectivity index (χ3v) is 4.32. The normalized spacial score (nSPS) is 11.8. The van der Waals surface area contributed by atoms with Crippen LogP contribution in [-0.2, 0) is 9.63 Å². The molecule has 8 heteroatoms. The molecule has 0 rings (SSSR count). The first kappa shape index (κ1) is 25.2. The van der Waals surface area contributed by atoms with Crippen molar-refractivity contribution in [3.05, 3.63) is 0 Å². The van der Waals surface area contributed by atoms with E-state index in [1.165, 1.54) is 38.5 Å². The third-order valence-electron chi connectivity index (χ3n) is 4.32. The van der Waals surface area contributed by atoms with Gasteiger partial charge in [0, 0.05) is 6.42 Å². The molecule has 0 aliphatic rings. The first-order chi connectivity index (χ1) is 12.8. The summed E-state index contributed by atoms with van der Waals surface area (Å²) in [4.78, 5) is 39.9. The molecule has 0 spiro atoms. The van der Waals surface area contributed by atoms with Crippen LogP contribution in [0.25, 0.3) is 0 Å². The molecule has 158 valence electrons. The monoisotopic (exact) mass is 388 g/mol. The average molecular weight is 389 g/mol. The second-order valence-corrected chi connectivity index (χ2v) is 6.74. The number of amides is 3. The average Bonchev–Trinajstić information content (AvgIpc) is 2.61. The van der Waals surface area contributed by atoms with Gasteiger partial charge in [0.25, 0.3) is 0 Å². The highest BCUT2D eigenvalue weighted by atomic mass is 16.7. The first-order valence-electron chi connectivity index (χ1n) is 10.0. The fraction of sp³-hybridized carbons (Fsp3) is 0.842. The molecule has 0 heterocycles. The molecule has 0 radical (unpaired) electrons. The van der Waals surface area contributed by atoms with Gasteiger partial charge >= 0.3 is 12.2 Å². The minimum atomic E-state index is -1.57. The standard InChI is InChI=1S/C19H36N2O6/c1-4-6-7-8-9-10-11-12-13-14-17(22)21(27-5-2)16(3)15-20(18(23)24)19(25)26/h16H,4-15H2,1-3H3,(H,23,24)(H,25,26). The van der Waals surface area contributed by atoms with Gasteiger partial charge in [-0.2, -0.15) is 0 Å². The van der Waals surface area contributed by atoms with Crippen molar-refractivity contribution in [3.63, 3.8) is 0 Å². The van der Waals surface area contributed by atoms with E-state index in [1.54, 1.807) is 13.8 Å². The minimum absolute atomic E-state index is 0.244. The summed E-state index contributed by atoms with van der Waals surface area (Å²) >= 11 is 0. The smallest absolute Gasteiger partial charge is 0.416 e. The van der Waals surface area contributed by atoms with Gasteiger partial charge in [0.2, 0.25) is 5.91 Å². The van der Waals surface area contributed by atoms with E-state index in [2.05, 4.69) is 6.92 Å². The summed E-state index contributed by atoms with van der Waals surface area (Å²) < 4.78 is 0. The van der Waals surface area contributed by atoms with Crippen molar-refractivity contribution < 1.29 is 29.4 Å². The fourth-order valence-electron chi connectivity index (χ4n) is 2.86. The third kappa shape index (κ3) is 11.5. The van der Waals surface area contributed by atoms with E-state index in [0.717, 1.165) is 24.3 Å².